The van der Waals surface area contributed by atoms with Gasteiger partial charge in [-0.05, 0) is 19.1 Å². The van der Waals surface area contributed by atoms with Crippen LogP contribution in [-0.4, -0.2) is 37.2 Å². The number of nitrogens with one attached hydrogen (secondary N) is 1. The molecule has 6 heteroatoms. The lowest BCUT2D eigenvalue weighted by atomic mass is 10.1. The molecule has 2 aromatic rings. The molecule has 0 amide bonds. The van der Waals surface area contributed by atoms with Crippen molar-refractivity contribution < 1.29 is 14.2 Å². The van der Waals surface area contributed by atoms with Crippen molar-refractivity contribution in [3.05, 3.63) is 36.2 Å². The van der Waals surface area contributed by atoms with Crippen LogP contribution in [0, 0.1) is 0 Å². The van der Waals surface area contributed by atoms with E-state index in [1.54, 1.807) is 27.5 Å². The molecule has 0 aliphatic heterocycles. The molecule has 0 unspecified atom stereocenters. The highest BCUT2D eigenvalue weighted by Gasteiger charge is 2.16. The monoisotopic (exact) mass is 305 g/mol. The van der Waals surface area contributed by atoms with Crippen LogP contribution in [0.4, 0.5) is 0 Å². The largest absolute Gasteiger partial charge is 0.493 e. The molecule has 120 valence electrons. The van der Waals surface area contributed by atoms with Crippen molar-refractivity contribution in [3.63, 3.8) is 0 Å². The molecule has 0 bridgehead atoms. The molecular formula is C16H23N3O3. The van der Waals surface area contributed by atoms with Crippen LogP contribution in [-0.2, 0) is 13.1 Å². The van der Waals surface area contributed by atoms with E-state index in [0.29, 0.717) is 23.8 Å². The van der Waals surface area contributed by atoms with Gasteiger partial charge in [-0.3, -0.25) is 4.68 Å². The van der Waals surface area contributed by atoms with Crippen molar-refractivity contribution in [1.29, 1.82) is 0 Å². The standard InChI is InChI=1S/C16H23N3O3/c1-12(11-19-9-5-8-18-19)17-10-13-6-7-14(20-2)16(22-4)15(13)21-3/h5-9,12,17H,10-11H2,1-4H3/t12-/m1/s1. The van der Waals surface area contributed by atoms with Crippen LogP contribution in [0.5, 0.6) is 17.2 Å². The summed E-state index contributed by atoms with van der Waals surface area (Å²) < 4.78 is 18.1. The van der Waals surface area contributed by atoms with Gasteiger partial charge in [0.25, 0.3) is 0 Å². The second-order valence-corrected chi connectivity index (χ2v) is 5.00. The summed E-state index contributed by atoms with van der Waals surface area (Å²) in [6.07, 6.45) is 3.74. The van der Waals surface area contributed by atoms with E-state index in [4.69, 9.17) is 14.2 Å². The predicted molar refractivity (Wildman–Crippen MR) is 84.6 cm³/mol. The number of aromatic nitrogens is 2. The third-order valence-electron chi connectivity index (χ3n) is 3.45. The van der Waals surface area contributed by atoms with Gasteiger partial charge in [0.15, 0.2) is 11.5 Å². The first-order valence-electron chi connectivity index (χ1n) is 7.18. The topological polar surface area (TPSA) is 57.5 Å². The Morgan fingerprint density at radius 1 is 1.14 bits per heavy atom. The van der Waals surface area contributed by atoms with E-state index in [0.717, 1.165) is 12.1 Å². The molecule has 1 atom stereocenters. The lowest BCUT2D eigenvalue weighted by molar-refractivity contribution is 0.321. The van der Waals surface area contributed by atoms with Crippen LogP contribution in [0.15, 0.2) is 30.6 Å². The molecule has 1 heterocycles. The van der Waals surface area contributed by atoms with Gasteiger partial charge < -0.3 is 19.5 Å². The fourth-order valence-electron chi connectivity index (χ4n) is 2.34. The molecule has 0 aliphatic rings. The van der Waals surface area contributed by atoms with Crippen LogP contribution in [0.25, 0.3) is 0 Å². The first-order valence-corrected chi connectivity index (χ1v) is 7.18. The van der Waals surface area contributed by atoms with Gasteiger partial charge >= 0.3 is 0 Å². The summed E-state index contributed by atoms with van der Waals surface area (Å²) in [5.41, 5.74) is 1.02. The average Bonchev–Trinajstić information content (AvgIpc) is 3.04. The number of rotatable bonds is 8. The van der Waals surface area contributed by atoms with Gasteiger partial charge in [0.1, 0.15) is 0 Å². The highest BCUT2D eigenvalue weighted by molar-refractivity contribution is 5.55. The number of hydrogen-bond acceptors (Lipinski definition) is 5. The molecule has 0 fully saturated rings. The maximum absolute atomic E-state index is 5.49. The van der Waals surface area contributed by atoms with Crippen molar-refractivity contribution in [2.75, 3.05) is 21.3 Å². The zero-order valence-corrected chi connectivity index (χ0v) is 13.5. The summed E-state index contributed by atoms with van der Waals surface area (Å²) in [7, 11) is 4.85. The van der Waals surface area contributed by atoms with Gasteiger partial charge in [-0.25, -0.2) is 0 Å². The van der Waals surface area contributed by atoms with Crippen LogP contribution in [0.2, 0.25) is 0 Å². The van der Waals surface area contributed by atoms with Crippen LogP contribution < -0.4 is 19.5 Å². The summed E-state index contributed by atoms with van der Waals surface area (Å²) in [5.74, 6) is 1.97. The predicted octanol–water partition coefficient (Wildman–Crippen LogP) is 2.09. The fraction of sp³-hybridized carbons (Fsp3) is 0.438. The lowest BCUT2D eigenvalue weighted by Crippen LogP contribution is -2.30. The molecule has 0 radical (unpaired) electrons. The lowest BCUT2D eigenvalue weighted by Gasteiger charge is -2.18. The molecule has 0 saturated heterocycles. The molecule has 1 aromatic carbocycles. The highest BCUT2D eigenvalue weighted by atomic mass is 16.5. The maximum Gasteiger partial charge on any atom is 0.203 e. The second-order valence-electron chi connectivity index (χ2n) is 5.00. The summed E-state index contributed by atoms with van der Waals surface area (Å²) in [4.78, 5) is 0. The minimum absolute atomic E-state index is 0.276. The fourth-order valence-corrected chi connectivity index (χ4v) is 2.34. The molecule has 1 N–H and O–H groups in total. The van der Waals surface area contributed by atoms with E-state index < -0.39 is 0 Å². The molecule has 6 nitrogen and oxygen atoms in total. The number of methoxy groups -OCH3 is 3. The number of nitrogens with zero attached hydrogens (tertiary/aromatic N) is 2. The van der Waals surface area contributed by atoms with E-state index in [-0.39, 0.29) is 6.04 Å². The number of ether oxygens (including phenoxy) is 3. The Kier molecular flexibility index (Phi) is 5.66. The first kappa shape index (κ1) is 16.2. The Balaban J connectivity index is 2.05. The van der Waals surface area contributed by atoms with Gasteiger partial charge in [-0.15, -0.1) is 0 Å². The van der Waals surface area contributed by atoms with Crippen molar-refractivity contribution >= 4 is 0 Å². The Morgan fingerprint density at radius 2 is 1.91 bits per heavy atom. The van der Waals surface area contributed by atoms with E-state index in [1.165, 1.54) is 0 Å². The maximum atomic E-state index is 5.49. The van der Waals surface area contributed by atoms with Gasteiger partial charge in [0.2, 0.25) is 5.75 Å². The quantitative estimate of drug-likeness (QED) is 0.809. The van der Waals surface area contributed by atoms with Crippen LogP contribution in [0.1, 0.15) is 12.5 Å². The van der Waals surface area contributed by atoms with Gasteiger partial charge in [-0.2, -0.15) is 5.10 Å². The summed E-state index contributed by atoms with van der Waals surface area (Å²) in [6, 6.07) is 6.06. The summed E-state index contributed by atoms with van der Waals surface area (Å²) in [5, 5.41) is 7.67. The minimum atomic E-state index is 0.276. The highest BCUT2D eigenvalue weighted by Crippen LogP contribution is 2.39. The van der Waals surface area contributed by atoms with Crippen molar-refractivity contribution in [3.8, 4) is 17.2 Å². The number of benzene rings is 1. The van der Waals surface area contributed by atoms with E-state index in [1.807, 2.05) is 29.1 Å². The molecule has 0 saturated carbocycles. The molecule has 22 heavy (non-hydrogen) atoms. The molecule has 0 aliphatic carbocycles. The summed E-state index contributed by atoms with van der Waals surface area (Å²) in [6.45, 7) is 3.60. The summed E-state index contributed by atoms with van der Waals surface area (Å²) >= 11 is 0. The van der Waals surface area contributed by atoms with Crippen molar-refractivity contribution in [2.45, 2.75) is 26.1 Å². The van der Waals surface area contributed by atoms with E-state index >= 15 is 0 Å². The number of hydrogen-bond donors (Lipinski definition) is 1. The van der Waals surface area contributed by atoms with Gasteiger partial charge in [-0.1, -0.05) is 6.07 Å². The average molecular weight is 305 g/mol. The van der Waals surface area contributed by atoms with Gasteiger partial charge in [0.05, 0.1) is 27.9 Å². The molecule has 0 spiro atoms. The van der Waals surface area contributed by atoms with Crippen molar-refractivity contribution in [2.24, 2.45) is 0 Å². The zero-order chi connectivity index (χ0) is 15.9. The van der Waals surface area contributed by atoms with E-state index in [9.17, 15) is 0 Å². The smallest absolute Gasteiger partial charge is 0.203 e. The van der Waals surface area contributed by atoms with Crippen LogP contribution >= 0.6 is 0 Å². The zero-order valence-electron chi connectivity index (χ0n) is 13.5. The minimum Gasteiger partial charge on any atom is -0.493 e. The molecular weight excluding hydrogens is 282 g/mol. The van der Waals surface area contributed by atoms with Gasteiger partial charge in [0, 0.05) is 30.5 Å². The Hall–Kier alpha value is -2.21. The Morgan fingerprint density at radius 3 is 2.50 bits per heavy atom. The first-order chi connectivity index (χ1) is 10.7. The van der Waals surface area contributed by atoms with Crippen molar-refractivity contribution in [1.82, 2.24) is 15.1 Å². The molecule has 2 rings (SSSR count). The molecule has 1 aromatic heterocycles. The van der Waals surface area contributed by atoms with Crippen LogP contribution in [0.3, 0.4) is 0 Å². The third-order valence-corrected chi connectivity index (χ3v) is 3.45. The SMILES string of the molecule is COc1ccc(CN[C@H](C)Cn2cccn2)c(OC)c1OC. The Bertz CT molecular complexity index is 585. The Labute approximate surface area is 131 Å². The second kappa shape index (κ2) is 7.70. The van der Waals surface area contributed by atoms with E-state index in [2.05, 4.69) is 17.3 Å². The normalized spacial score (nSPS) is 12.0. The third kappa shape index (κ3) is 3.71.